The van der Waals surface area contributed by atoms with E-state index in [0.717, 1.165) is 32.1 Å². The van der Waals surface area contributed by atoms with E-state index in [1.807, 2.05) is 0 Å². The number of nitrogens with one attached hydrogen (secondary N) is 1. The van der Waals surface area contributed by atoms with E-state index in [9.17, 15) is 37.3 Å². The molecule has 0 saturated carbocycles. The van der Waals surface area contributed by atoms with Crippen molar-refractivity contribution in [2.45, 2.75) is 38.5 Å². The first-order valence-electron chi connectivity index (χ1n) is 8.57. The predicted molar refractivity (Wildman–Crippen MR) is 102 cm³/mol. The SMILES string of the molecule is CC(=O)OC[C@H]1[C@@H](NC(=O)C(=NOC(C)(C)C(=O)[O-])c2csc(N)n2)C(=O)N1S(=O)(=O)[O-].[Na+].[Na+]. The van der Waals surface area contributed by atoms with E-state index in [2.05, 4.69) is 20.2 Å². The summed E-state index contributed by atoms with van der Waals surface area (Å²) < 4.78 is 38.5. The van der Waals surface area contributed by atoms with Crippen LogP contribution in [0, 0.1) is 0 Å². The van der Waals surface area contributed by atoms with Gasteiger partial charge in [-0.3, -0.25) is 14.4 Å². The standard InChI is InChI=1S/C15H19N5O10S2.2Na/c1-6(21)29-4-8-10(12(23)20(8)32(26,27)28)18-11(22)9(7-5-31-14(16)17-7)19-30-15(2,3)13(24)25;;/h5,8,10H,4H2,1-3H3,(H2,16,17)(H,18,22)(H,24,25)(H,26,27,28);;/q;2*+1/p-2/t8-,10+;;/m0../s1. The number of hydrogen-bond acceptors (Lipinski definition) is 14. The molecule has 2 atom stereocenters. The summed E-state index contributed by atoms with van der Waals surface area (Å²) in [6.07, 6.45) is 0. The third-order valence-electron chi connectivity index (χ3n) is 3.99. The normalized spacial score (nSPS) is 18.1. The second kappa shape index (κ2) is 12.6. The Hall–Kier alpha value is -1.31. The third-order valence-corrected chi connectivity index (χ3v) is 5.60. The molecule has 2 heterocycles. The van der Waals surface area contributed by atoms with Crippen LogP contribution in [0.4, 0.5) is 5.13 Å². The fraction of sp³-hybridized carbons (Fsp3) is 0.467. The zero-order valence-corrected chi connectivity index (χ0v) is 24.4. The van der Waals surface area contributed by atoms with Gasteiger partial charge in [0.1, 0.15) is 24.4 Å². The number of carbonyl (C=O) groups excluding carboxylic acids is 4. The molecule has 176 valence electrons. The Morgan fingerprint density at radius 2 is 1.94 bits per heavy atom. The zero-order valence-electron chi connectivity index (χ0n) is 18.8. The number of nitrogens with zero attached hydrogens (tertiary/aromatic N) is 3. The van der Waals surface area contributed by atoms with Crippen molar-refractivity contribution in [2.75, 3.05) is 12.3 Å². The Balaban J connectivity index is 0.00000544. The van der Waals surface area contributed by atoms with Crippen molar-refractivity contribution in [3.05, 3.63) is 11.1 Å². The van der Waals surface area contributed by atoms with Gasteiger partial charge < -0.3 is 35.1 Å². The van der Waals surface area contributed by atoms with Crippen LogP contribution in [0.15, 0.2) is 10.5 Å². The van der Waals surface area contributed by atoms with Crippen LogP contribution in [0.25, 0.3) is 0 Å². The fourth-order valence-corrected chi connectivity index (χ4v) is 3.72. The number of oxime groups is 1. The number of β-lactam (4-membered cyclic amide) rings is 1. The summed E-state index contributed by atoms with van der Waals surface area (Å²) in [4.78, 5) is 55.8. The van der Waals surface area contributed by atoms with Crippen LogP contribution in [-0.2, 0) is 39.1 Å². The van der Waals surface area contributed by atoms with E-state index < -0.39 is 64.1 Å². The average Bonchev–Trinajstić information content (AvgIpc) is 3.07. The average molecular weight is 537 g/mol. The molecular weight excluding hydrogens is 520 g/mol. The van der Waals surface area contributed by atoms with Gasteiger partial charge in [0.15, 0.2) is 26.7 Å². The number of aliphatic carboxylic acids is 1. The molecule has 3 N–H and O–H groups in total. The molecule has 1 saturated heterocycles. The van der Waals surface area contributed by atoms with Crippen LogP contribution in [0.5, 0.6) is 0 Å². The molecule has 2 rings (SSSR count). The predicted octanol–water partition coefficient (Wildman–Crippen LogP) is -9.30. The number of nitrogens with two attached hydrogens (primary N) is 1. The van der Waals surface area contributed by atoms with E-state index >= 15 is 0 Å². The van der Waals surface area contributed by atoms with Crippen molar-refractivity contribution in [3.8, 4) is 0 Å². The van der Waals surface area contributed by atoms with Crippen LogP contribution >= 0.6 is 11.3 Å². The Bertz CT molecular complexity index is 1090. The van der Waals surface area contributed by atoms with Gasteiger partial charge in [-0.1, -0.05) is 5.16 Å². The van der Waals surface area contributed by atoms with Crippen molar-refractivity contribution in [1.29, 1.82) is 0 Å². The summed E-state index contributed by atoms with van der Waals surface area (Å²) in [6, 6.07) is -3.10. The molecule has 34 heavy (non-hydrogen) atoms. The van der Waals surface area contributed by atoms with Crippen LogP contribution in [0.1, 0.15) is 26.5 Å². The second-order valence-corrected chi connectivity index (χ2v) is 8.95. The number of carbonyl (C=O) groups is 4. The van der Waals surface area contributed by atoms with E-state index in [1.165, 1.54) is 5.38 Å². The molecule has 0 radical (unpaired) electrons. The Morgan fingerprint density at radius 3 is 2.38 bits per heavy atom. The first-order valence-corrected chi connectivity index (χ1v) is 10.8. The molecule has 1 fully saturated rings. The Labute approximate surface area is 241 Å². The first-order chi connectivity index (χ1) is 14.6. The minimum absolute atomic E-state index is 0. The molecule has 15 nitrogen and oxygen atoms in total. The van der Waals surface area contributed by atoms with E-state index in [-0.39, 0.29) is 74.2 Å². The van der Waals surface area contributed by atoms with E-state index in [1.54, 1.807) is 0 Å². The molecule has 0 unspecified atom stereocenters. The number of thiazole rings is 1. The minimum Gasteiger partial charge on any atom is -0.731 e. The van der Waals surface area contributed by atoms with E-state index in [4.69, 9.17) is 10.6 Å². The molecular formula is C15H17N5Na2O10S2. The number of ether oxygens (including phenoxy) is 1. The van der Waals surface area contributed by atoms with Gasteiger partial charge in [0.25, 0.3) is 11.8 Å². The molecule has 1 aliphatic rings. The molecule has 0 bridgehead atoms. The van der Waals surface area contributed by atoms with Gasteiger partial charge in [0.05, 0.1) is 5.97 Å². The maximum Gasteiger partial charge on any atom is 1.00 e. The summed E-state index contributed by atoms with van der Waals surface area (Å²) in [5.74, 6) is -4.89. The van der Waals surface area contributed by atoms with Crippen molar-refractivity contribution in [1.82, 2.24) is 14.6 Å². The van der Waals surface area contributed by atoms with Gasteiger partial charge in [0, 0.05) is 12.3 Å². The number of nitrogen functional groups attached to an aromatic ring is 1. The van der Waals surface area contributed by atoms with Gasteiger partial charge in [-0.05, 0) is 13.8 Å². The molecule has 0 aromatic carbocycles. The third kappa shape index (κ3) is 7.85. The topological polar surface area (TPSA) is 234 Å². The van der Waals surface area contributed by atoms with Crippen LogP contribution in [0.3, 0.4) is 0 Å². The molecule has 0 spiro atoms. The molecule has 1 aromatic heterocycles. The quantitative estimate of drug-likeness (QED) is 0.0746. The summed E-state index contributed by atoms with van der Waals surface area (Å²) in [5, 5.41) is 18.0. The number of aromatic nitrogens is 1. The summed E-state index contributed by atoms with van der Waals surface area (Å²) in [7, 11) is -5.25. The van der Waals surface area contributed by atoms with Gasteiger partial charge in [-0.15, -0.1) is 11.3 Å². The van der Waals surface area contributed by atoms with Crippen LogP contribution < -0.4 is 75.3 Å². The van der Waals surface area contributed by atoms with Crippen molar-refractivity contribution < 1.29 is 106 Å². The van der Waals surface area contributed by atoms with Crippen molar-refractivity contribution >= 4 is 56.2 Å². The summed E-state index contributed by atoms with van der Waals surface area (Å²) in [5.41, 5.74) is 2.83. The maximum absolute atomic E-state index is 12.8. The first kappa shape index (κ1) is 32.7. The van der Waals surface area contributed by atoms with Gasteiger partial charge in [0.2, 0.25) is 0 Å². The maximum atomic E-state index is 12.8. The van der Waals surface area contributed by atoms with E-state index in [0.29, 0.717) is 0 Å². The molecule has 1 aromatic rings. The smallest absolute Gasteiger partial charge is 0.731 e. The summed E-state index contributed by atoms with van der Waals surface area (Å²) in [6.45, 7) is 2.51. The Morgan fingerprint density at radius 1 is 1.35 bits per heavy atom. The number of amides is 2. The van der Waals surface area contributed by atoms with Crippen molar-refractivity contribution in [2.24, 2.45) is 5.16 Å². The van der Waals surface area contributed by atoms with Gasteiger partial charge in [-0.2, -0.15) is 0 Å². The molecule has 0 aliphatic carbocycles. The molecule has 1 aliphatic heterocycles. The number of rotatable bonds is 9. The number of esters is 1. The number of anilines is 1. The monoisotopic (exact) mass is 537 g/mol. The largest absolute Gasteiger partial charge is 1.00 e. The number of carboxylic acid groups (broad SMARTS) is 1. The molecule has 2 amide bonds. The Kier molecular flexibility index (Phi) is 12.1. The fourth-order valence-electron chi connectivity index (χ4n) is 2.33. The van der Waals surface area contributed by atoms with Crippen LogP contribution in [0.2, 0.25) is 0 Å². The zero-order chi connectivity index (χ0) is 24.4. The second-order valence-electron chi connectivity index (χ2n) is 6.81. The number of hydrogen-bond donors (Lipinski definition) is 2. The number of carboxylic acids is 1. The van der Waals surface area contributed by atoms with Crippen LogP contribution in [-0.4, -0.2) is 76.0 Å². The van der Waals surface area contributed by atoms with Crippen molar-refractivity contribution in [3.63, 3.8) is 0 Å². The van der Waals surface area contributed by atoms with Gasteiger partial charge in [-0.25, -0.2) is 17.7 Å². The minimum atomic E-state index is -5.25. The molecule has 19 heteroatoms. The summed E-state index contributed by atoms with van der Waals surface area (Å²) >= 11 is 0.913. The van der Waals surface area contributed by atoms with Gasteiger partial charge >= 0.3 is 65.1 Å².